The smallest absolute Gasteiger partial charge is 0.282 e. The summed E-state index contributed by atoms with van der Waals surface area (Å²) < 4.78 is 0. The van der Waals surface area contributed by atoms with Crippen LogP contribution in [0.3, 0.4) is 0 Å². The Labute approximate surface area is 107 Å². The van der Waals surface area contributed by atoms with E-state index in [9.17, 15) is 9.70 Å². The van der Waals surface area contributed by atoms with Crippen LogP contribution in [0.25, 0.3) is 11.4 Å². The summed E-state index contributed by atoms with van der Waals surface area (Å²) in [4.78, 5) is 29.5. The standard InChI is InChI=1S/C11H10N4O2S/c1-18-7-5-3-2-4-6(7)10-13-9(12)8(15-17)11(16)14-10/h2-5H,1H3,(H3,12,13,14,16). The van der Waals surface area contributed by atoms with Crippen LogP contribution in [-0.4, -0.2) is 16.2 Å². The summed E-state index contributed by atoms with van der Waals surface area (Å²) in [7, 11) is 0. The molecule has 0 amide bonds. The van der Waals surface area contributed by atoms with Gasteiger partial charge >= 0.3 is 0 Å². The summed E-state index contributed by atoms with van der Waals surface area (Å²) in [6, 6.07) is 7.44. The first kappa shape index (κ1) is 12.3. The fourth-order valence-corrected chi connectivity index (χ4v) is 2.14. The van der Waals surface area contributed by atoms with Crippen LogP contribution in [0.4, 0.5) is 11.5 Å². The Bertz CT molecular complexity index is 654. The summed E-state index contributed by atoms with van der Waals surface area (Å²) in [5.41, 5.74) is 5.26. The number of hydrogen-bond donors (Lipinski definition) is 2. The third-order valence-electron chi connectivity index (χ3n) is 2.38. The first-order valence-electron chi connectivity index (χ1n) is 5.04. The molecule has 0 aliphatic heterocycles. The quantitative estimate of drug-likeness (QED) is 0.651. The molecule has 0 atom stereocenters. The number of rotatable bonds is 3. The molecule has 2 rings (SSSR count). The second-order valence-corrected chi connectivity index (χ2v) is 4.29. The van der Waals surface area contributed by atoms with Crippen molar-refractivity contribution in [3.05, 3.63) is 39.5 Å². The Morgan fingerprint density at radius 1 is 1.39 bits per heavy atom. The molecule has 0 saturated carbocycles. The van der Waals surface area contributed by atoms with Gasteiger partial charge in [0.25, 0.3) is 5.56 Å². The molecule has 3 N–H and O–H groups in total. The van der Waals surface area contributed by atoms with E-state index in [2.05, 4.69) is 15.1 Å². The molecule has 2 aromatic rings. The molecule has 0 fully saturated rings. The van der Waals surface area contributed by atoms with E-state index in [1.54, 1.807) is 0 Å². The highest BCUT2D eigenvalue weighted by Gasteiger charge is 2.12. The summed E-state index contributed by atoms with van der Waals surface area (Å²) in [5, 5.41) is 2.56. The minimum Gasteiger partial charge on any atom is -0.382 e. The number of aromatic nitrogens is 2. The highest BCUT2D eigenvalue weighted by molar-refractivity contribution is 7.98. The predicted octanol–water partition coefficient (Wildman–Crippen LogP) is 2.14. The maximum Gasteiger partial charge on any atom is 0.282 e. The lowest BCUT2D eigenvalue weighted by Gasteiger charge is -2.07. The summed E-state index contributed by atoms with van der Waals surface area (Å²) >= 11 is 1.52. The van der Waals surface area contributed by atoms with Gasteiger partial charge in [0.1, 0.15) is 5.82 Å². The predicted molar refractivity (Wildman–Crippen MR) is 71.9 cm³/mol. The minimum atomic E-state index is -0.636. The van der Waals surface area contributed by atoms with Gasteiger partial charge in [-0.3, -0.25) is 4.79 Å². The number of nitrogens with one attached hydrogen (secondary N) is 1. The fourth-order valence-electron chi connectivity index (χ4n) is 1.54. The zero-order chi connectivity index (χ0) is 13.1. The van der Waals surface area contributed by atoms with Gasteiger partial charge in [0.2, 0.25) is 5.69 Å². The lowest BCUT2D eigenvalue weighted by Crippen LogP contribution is -2.11. The molecule has 0 unspecified atom stereocenters. The molecule has 1 aromatic carbocycles. The third-order valence-corrected chi connectivity index (χ3v) is 3.17. The number of nitrogens with two attached hydrogens (primary N) is 1. The van der Waals surface area contributed by atoms with Crippen molar-refractivity contribution in [1.29, 1.82) is 0 Å². The van der Waals surface area contributed by atoms with Crippen molar-refractivity contribution >= 4 is 23.3 Å². The number of anilines is 1. The molecule has 0 saturated heterocycles. The van der Waals surface area contributed by atoms with E-state index < -0.39 is 5.56 Å². The van der Waals surface area contributed by atoms with Crippen LogP contribution in [0.1, 0.15) is 0 Å². The van der Waals surface area contributed by atoms with Crippen molar-refractivity contribution in [2.24, 2.45) is 5.18 Å². The molecule has 0 aliphatic rings. The van der Waals surface area contributed by atoms with Crippen LogP contribution in [0.2, 0.25) is 0 Å². The van der Waals surface area contributed by atoms with E-state index in [1.165, 1.54) is 11.8 Å². The number of benzene rings is 1. The molecule has 7 heteroatoms. The van der Waals surface area contributed by atoms with E-state index in [0.29, 0.717) is 5.82 Å². The second-order valence-electron chi connectivity index (χ2n) is 3.44. The Balaban J connectivity index is 2.65. The van der Waals surface area contributed by atoms with Gasteiger partial charge in [0, 0.05) is 10.5 Å². The minimum absolute atomic E-state index is 0.167. The number of thioether (sulfide) groups is 1. The molecule has 6 nitrogen and oxygen atoms in total. The largest absolute Gasteiger partial charge is 0.382 e. The van der Waals surface area contributed by atoms with E-state index in [1.807, 2.05) is 30.5 Å². The van der Waals surface area contributed by atoms with Crippen molar-refractivity contribution in [2.45, 2.75) is 4.90 Å². The first-order valence-corrected chi connectivity index (χ1v) is 6.26. The Kier molecular flexibility index (Phi) is 3.42. The monoisotopic (exact) mass is 262 g/mol. The summed E-state index contributed by atoms with van der Waals surface area (Å²) in [6.45, 7) is 0. The van der Waals surface area contributed by atoms with E-state index in [4.69, 9.17) is 5.73 Å². The van der Waals surface area contributed by atoms with Crippen molar-refractivity contribution in [3.63, 3.8) is 0 Å². The summed E-state index contributed by atoms with van der Waals surface area (Å²) in [5.74, 6) is 0.162. The molecule has 92 valence electrons. The molecule has 0 bridgehead atoms. The molecular formula is C11H10N4O2S. The van der Waals surface area contributed by atoms with Gasteiger partial charge in [-0.15, -0.1) is 16.7 Å². The molecular weight excluding hydrogens is 252 g/mol. The van der Waals surface area contributed by atoms with Gasteiger partial charge in [-0.05, 0) is 17.5 Å². The Hall–Kier alpha value is -2.15. The Morgan fingerprint density at radius 2 is 2.11 bits per heavy atom. The average Bonchev–Trinajstić information content (AvgIpc) is 2.38. The molecule has 1 heterocycles. The van der Waals surface area contributed by atoms with Crippen LogP contribution in [0.5, 0.6) is 0 Å². The molecule has 18 heavy (non-hydrogen) atoms. The second kappa shape index (κ2) is 5.01. The van der Waals surface area contributed by atoms with Gasteiger partial charge in [0.15, 0.2) is 5.82 Å². The maximum absolute atomic E-state index is 11.6. The van der Waals surface area contributed by atoms with Crippen molar-refractivity contribution in [3.8, 4) is 11.4 Å². The maximum atomic E-state index is 11.6. The number of H-pyrrole nitrogens is 1. The highest BCUT2D eigenvalue weighted by atomic mass is 32.2. The van der Waals surface area contributed by atoms with Crippen LogP contribution >= 0.6 is 11.8 Å². The third kappa shape index (κ3) is 2.12. The van der Waals surface area contributed by atoms with Crippen molar-refractivity contribution < 1.29 is 0 Å². The average molecular weight is 262 g/mol. The number of hydrogen-bond acceptors (Lipinski definition) is 6. The molecule has 0 aliphatic carbocycles. The zero-order valence-corrected chi connectivity index (χ0v) is 10.3. The SMILES string of the molecule is CSc1ccccc1-c1nc(N)c(N=O)c(=O)[nH]1. The number of nitrogen functional groups attached to an aromatic ring is 1. The Morgan fingerprint density at radius 3 is 2.72 bits per heavy atom. The van der Waals surface area contributed by atoms with Crippen molar-refractivity contribution in [2.75, 3.05) is 12.0 Å². The van der Waals surface area contributed by atoms with E-state index >= 15 is 0 Å². The molecule has 0 radical (unpaired) electrons. The lowest BCUT2D eigenvalue weighted by molar-refractivity contribution is 1.11. The first-order chi connectivity index (χ1) is 8.67. The summed E-state index contributed by atoms with van der Waals surface area (Å²) in [6.07, 6.45) is 1.92. The van der Waals surface area contributed by atoms with Gasteiger partial charge in [-0.25, -0.2) is 4.98 Å². The normalized spacial score (nSPS) is 10.3. The number of nitroso groups, excluding NO2 is 1. The van der Waals surface area contributed by atoms with Crippen LogP contribution in [-0.2, 0) is 0 Å². The van der Waals surface area contributed by atoms with Gasteiger partial charge in [-0.2, -0.15) is 0 Å². The fraction of sp³-hybridized carbons (Fsp3) is 0.0909. The van der Waals surface area contributed by atoms with Gasteiger partial charge < -0.3 is 10.7 Å². The number of nitrogens with zero attached hydrogens (tertiary/aromatic N) is 2. The van der Waals surface area contributed by atoms with Gasteiger partial charge in [0.05, 0.1) is 0 Å². The van der Waals surface area contributed by atoms with E-state index in [0.717, 1.165) is 10.5 Å². The van der Waals surface area contributed by atoms with E-state index in [-0.39, 0.29) is 11.5 Å². The van der Waals surface area contributed by atoms with Crippen LogP contribution in [0.15, 0.2) is 39.1 Å². The van der Waals surface area contributed by atoms with Gasteiger partial charge in [-0.1, -0.05) is 18.2 Å². The number of aromatic amines is 1. The lowest BCUT2D eigenvalue weighted by atomic mass is 10.2. The topological polar surface area (TPSA) is 101 Å². The molecule has 0 spiro atoms. The molecule has 1 aromatic heterocycles. The van der Waals surface area contributed by atoms with Crippen molar-refractivity contribution in [1.82, 2.24) is 9.97 Å². The van der Waals surface area contributed by atoms with Crippen LogP contribution in [0, 0.1) is 4.91 Å². The van der Waals surface area contributed by atoms with Crippen LogP contribution < -0.4 is 11.3 Å². The zero-order valence-electron chi connectivity index (χ0n) is 9.51. The highest BCUT2D eigenvalue weighted by Crippen LogP contribution is 2.28.